The van der Waals surface area contributed by atoms with E-state index >= 15 is 0 Å². The van der Waals surface area contributed by atoms with Crippen molar-refractivity contribution in [2.75, 3.05) is 20.1 Å². The molecule has 4 rings (SSSR count). The highest BCUT2D eigenvalue weighted by molar-refractivity contribution is 5.89. The van der Waals surface area contributed by atoms with E-state index in [1.807, 2.05) is 60.5 Å². The minimum atomic E-state index is -0.407. The number of carbonyl (C=O) groups excluding carboxylic acids is 1. The summed E-state index contributed by atoms with van der Waals surface area (Å²) in [4.78, 5) is 17.7. The molecule has 154 valence electrons. The van der Waals surface area contributed by atoms with Crippen LogP contribution in [0, 0.1) is 5.92 Å². The van der Waals surface area contributed by atoms with E-state index in [0.29, 0.717) is 12.5 Å². The lowest BCUT2D eigenvalue weighted by Crippen LogP contribution is -2.50. The molecule has 2 unspecified atom stereocenters. The zero-order chi connectivity index (χ0) is 20.5. The lowest BCUT2D eigenvalue weighted by Gasteiger charge is -2.37. The molecule has 0 aromatic heterocycles. The van der Waals surface area contributed by atoms with Gasteiger partial charge in [0.2, 0.25) is 5.91 Å². The summed E-state index contributed by atoms with van der Waals surface area (Å²) < 4.78 is 6.04. The van der Waals surface area contributed by atoms with E-state index in [9.17, 15) is 9.90 Å². The van der Waals surface area contributed by atoms with Crippen LogP contribution in [-0.2, 0) is 4.79 Å². The Morgan fingerprint density at radius 3 is 2.24 bits per heavy atom. The molecular formula is C24H30N2O3. The highest BCUT2D eigenvalue weighted by Crippen LogP contribution is 2.44. The van der Waals surface area contributed by atoms with Crippen LogP contribution in [-0.4, -0.2) is 53.2 Å². The molecule has 1 fully saturated rings. The van der Waals surface area contributed by atoms with Crippen molar-refractivity contribution in [1.82, 2.24) is 9.80 Å². The summed E-state index contributed by atoms with van der Waals surface area (Å²) in [5.74, 6) is 1.51. The number of rotatable bonds is 5. The molecule has 0 spiro atoms. The number of fused-ring (bicyclic) bond motifs is 2. The Bertz CT molecular complexity index is 836. The number of benzene rings is 2. The molecule has 2 aromatic rings. The maximum Gasteiger partial charge on any atom is 0.234 e. The summed E-state index contributed by atoms with van der Waals surface area (Å²) in [5, 5.41) is 10.4. The van der Waals surface area contributed by atoms with Gasteiger partial charge < -0.3 is 14.7 Å². The number of amides is 1. The van der Waals surface area contributed by atoms with Gasteiger partial charge in [-0.2, -0.15) is 0 Å². The Balaban J connectivity index is 1.62. The highest BCUT2D eigenvalue weighted by Gasteiger charge is 2.37. The van der Waals surface area contributed by atoms with Crippen molar-refractivity contribution >= 4 is 5.91 Å². The number of aliphatic hydroxyl groups excluding tert-OH is 1. The van der Waals surface area contributed by atoms with E-state index in [-0.39, 0.29) is 17.9 Å². The first-order chi connectivity index (χ1) is 14.0. The van der Waals surface area contributed by atoms with Crippen molar-refractivity contribution in [3.05, 3.63) is 59.7 Å². The number of aliphatic hydroxyl groups is 1. The average molecular weight is 395 g/mol. The molecule has 1 saturated heterocycles. The second-order valence-electron chi connectivity index (χ2n) is 8.50. The number of carbonyl (C=O) groups is 1. The summed E-state index contributed by atoms with van der Waals surface area (Å²) in [7, 11) is 1.88. The number of para-hydroxylation sites is 2. The molecule has 0 bridgehead atoms. The van der Waals surface area contributed by atoms with Gasteiger partial charge in [-0.05, 0) is 30.9 Å². The largest absolute Gasteiger partial charge is 0.457 e. The van der Waals surface area contributed by atoms with Crippen LogP contribution < -0.4 is 4.74 Å². The topological polar surface area (TPSA) is 53.0 Å². The van der Waals surface area contributed by atoms with Crippen molar-refractivity contribution in [2.24, 2.45) is 5.92 Å². The maximum atomic E-state index is 13.7. The molecule has 2 atom stereocenters. The predicted molar refractivity (Wildman–Crippen MR) is 113 cm³/mol. The van der Waals surface area contributed by atoms with Gasteiger partial charge in [0.1, 0.15) is 17.7 Å². The van der Waals surface area contributed by atoms with Gasteiger partial charge in [-0.3, -0.25) is 9.69 Å². The SMILES string of the molecule is CC(C)C(CN(C)C(=O)C1c2ccccc2Oc2ccccc21)N1CCCC1O. The first-order valence-electron chi connectivity index (χ1n) is 10.5. The Kier molecular flexibility index (Phi) is 5.61. The van der Waals surface area contributed by atoms with Crippen LogP contribution in [0.1, 0.15) is 43.7 Å². The van der Waals surface area contributed by atoms with Gasteiger partial charge in [-0.1, -0.05) is 50.2 Å². The van der Waals surface area contributed by atoms with E-state index in [4.69, 9.17) is 4.74 Å². The quantitative estimate of drug-likeness (QED) is 0.838. The van der Waals surface area contributed by atoms with Crippen LogP contribution >= 0.6 is 0 Å². The van der Waals surface area contributed by atoms with Gasteiger partial charge in [-0.25, -0.2) is 0 Å². The van der Waals surface area contributed by atoms with Crippen LogP contribution in [0.5, 0.6) is 11.5 Å². The van der Waals surface area contributed by atoms with Gasteiger partial charge in [0.25, 0.3) is 0 Å². The Morgan fingerprint density at radius 1 is 1.14 bits per heavy atom. The van der Waals surface area contributed by atoms with Crippen LogP contribution in [0.2, 0.25) is 0 Å². The fourth-order valence-electron chi connectivity index (χ4n) is 4.62. The molecule has 2 aliphatic heterocycles. The molecule has 29 heavy (non-hydrogen) atoms. The third-order valence-corrected chi connectivity index (χ3v) is 6.22. The van der Waals surface area contributed by atoms with Crippen LogP contribution in [0.15, 0.2) is 48.5 Å². The van der Waals surface area contributed by atoms with Crippen molar-refractivity contribution < 1.29 is 14.6 Å². The van der Waals surface area contributed by atoms with Gasteiger partial charge >= 0.3 is 0 Å². The van der Waals surface area contributed by atoms with Crippen molar-refractivity contribution in [3.8, 4) is 11.5 Å². The summed E-state index contributed by atoms with van der Waals surface area (Å²) in [6.45, 7) is 5.80. The van der Waals surface area contributed by atoms with Crippen LogP contribution in [0.25, 0.3) is 0 Å². The van der Waals surface area contributed by atoms with Crippen LogP contribution in [0.3, 0.4) is 0 Å². The van der Waals surface area contributed by atoms with Gasteiger partial charge in [0.05, 0.1) is 5.92 Å². The molecule has 5 nitrogen and oxygen atoms in total. The molecule has 0 aliphatic carbocycles. The third kappa shape index (κ3) is 3.77. The number of likely N-dealkylation sites (tertiary alicyclic amines) is 1. The smallest absolute Gasteiger partial charge is 0.234 e. The lowest BCUT2D eigenvalue weighted by atomic mass is 9.86. The molecule has 2 aliphatic rings. The minimum absolute atomic E-state index is 0.0625. The van der Waals surface area contributed by atoms with Crippen molar-refractivity contribution in [2.45, 2.75) is 44.9 Å². The second-order valence-corrected chi connectivity index (χ2v) is 8.50. The molecule has 1 amide bonds. The Hall–Kier alpha value is -2.37. The van der Waals surface area contributed by atoms with Gasteiger partial charge in [-0.15, -0.1) is 0 Å². The maximum absolute atomic E-state index is 13.7. The monoisotopic (exact) mass is 394 g/mol. The molecule has 1 N–H and O–H groups in total. The molecule has 2 heterocycles. The zero-order valence-electron chi connectivity index (χ0n) is 17.4. The Labute approximate surface area is 172 Å². The fraction of sp³-hybridized carbons (Fsp3) is 0.458. The standard InChI is InChI=1S/C24H30N2O3/c1-16(2)19(26-14-8-13-22(26)27)15-25(3)24(28)23-17-9-4-6-11-20(17)29-21-12-7-5-10-18(21)23/h4-7,9-12,16,19,22-23,27H,8,13-15H2,1-3H3. The van der Waals surface area contributed by atoms with E-state index in [0.717, 1.165) is 42.0 Å². The molecular weight excluding hydrogens is 364 g/mol. The first-order valence-corrected chi connectivity index (χ1v) is 10.5. The summed E-state index contributed by atoms with van der Waals surface area (Å²) in [6, 6.07) is 15.7. The molecule has 0 radical (unpaired) electrons. The molecule has 2 aromatic carbocycles. The normalized spacial score (nSPS) is 20.1. The van der Waals surface area contributed by atoms with E-state index in [1.54, 1.807) is 0 Å². The van der Waals surface area contributed by atoms with Crippen LogP contribution in [0.4, 0.5) is 0 Å². The number of likely N-dealkylation sites (N-methyl/N-ethyl adjacent to an activating group) is 1. The zero-order valence-corrected chi connectivity index (χ0v) is 17.4. The molecule has 5 heteroatoms. The van der Waals surface area contributed by atoms with Gasteiger partial charge in [0.15, 0.2) is 0 Å². The van der Waals surface area contributed by atoms with Gasteiger partial charge in [0, 0.05) is 37.3 Å². The van der Waals surface area contributed by atoms with E-state index in [2.05, 4.69) is 18.7 Å². The second kappa shape index (κ2) is 8.17. The number of ether oxygens (including phenoxy) is 1. The number of hydrogen-bond acceptors (Lipinski definition) is 4. The fourth-order valence-corrected chi connectivity index (χ4v) is 4.62. The summed E-state index contributed by atoms with van der Waals surface area (Å²) >= 11 is 0. The summed E-state index contributed by atoms with van der Waals surface area (Å²) in [6.07, 6.45) is 1.40. The van der Waals surface area contributed by atoms with Crippen molar-refractivity contribution in [3.63, 3.8) is 0 Å². The first kappa shape index (κ1) is 19.9. The predicted octanol–water partition coefficient (Wildman–Crippen LogP) is 3.82. The average Bonchev–Trinajstić information content (AvgIpc) is 3.14. The van der Waals surface area contributed by atoms with E-state index < -0.39 is 6.23 Å². The van der Waals surface area contributed by atoms with Crippen molar-refractivity contribution in [1.29, 1.82) is 0 Å². The minimum Gasteiger partial charge on any atom is -0.457 e. The Morgan fingerprint density at radius 2 is 1.72 bits per heavy atom. The molecule has 0 saturated carbocycles. The highest BCUT2D eigenvalue weighted by atomic mass is 16.5. The number of hydrogen-bond donors (Lipinski definition) is 1. The number of nitrogens with zero attached hydrogens (tertiary/aromatic N) is 2. The lowest BCUT2D eigenvalue weighted by molar-refractivity contribution is -0.132. The third-order valence-electron chi connectivity index (χ3n) is 6.22. The summed E-state index contributed by atoms with van der Waals surface area (Å²) in [5.41, 5.74) is 1.82. The van der Waals surface area contributed by atoms with E-state index in [1.165, 1.54) is 0 Å².